The van der Waals surface area contributed by atoms with E-state index in [2.05, 4.69) is 15.6 Å². The molecule has 0 radical (unpaired) electrons. The molecule has 1 atom stereocenters. The number of nitrogens with zero attached hydrogens (tertiary/aromatic N) is 2. The van der Waals surface area contributed by atoms with Crippen LogP contribution in [0.1, 0.15) is 12.1 Å². The number of rotatable bonds is 4. The highest BCUT2D eigenvalue weighted by atomic mass is 32.1. The summed E-state index contributed by atoms with van der Waals surface area (Å²) in [7, 11) is 1.60. The third-order valence-electron chi connectivity index (χ3n) is 3.68. The zero-order chi connectivity index (χ0) is 17.1. The Morgan fingerprint density at radius 3 is 2.75 bits per heavy atom. The summed E-state index contributed by atoms with van der Waals surface area (Å²) < 4.78 is 5.12. The first-order valence-electron chi connectivity index (χ1n) is 7.49. The predicted octanol–water partition coefficient (Wildman–Crippen LogP) is 2.39. The highest BCUT2D eigenvalue weighted by molar-refractivity contribution is 7.13. The summed E-state index contributed by atoms with van der Waals surface area (Å²) >= 11 is 1.36. The highest BCUT2D eigenvalue weighted by Gasteiger charge is 2.31. The van der Waals surface area contributed by atoms with E-state index in [1.54, 1.807) is 24.1 Å². The van der Waals surface area contributed by atoms with Crippen LogP contribution >= 0.6 is 11.3 Å². The van der Waals surface area contributed by atoms with Gasteiger partial charge in [-0.2, -0.15) is 0 Å². The SMILES string of the molecule is COc1ccc(N2C[C@H](NC(=O)Nc3nc(C)cs3)CC2=O)cc1. The summed E-state index contributed by atoms with van der Waals surface area (Å²) in [4.78, 5) is 30.0. The van der Waals surface area contributed by atoms with Crippen molar-refractivity contribution in [2.24, 2.45) is 0 Å². The summed E-state index contributed by atoms with van der Waals surface area (Å²) in [6.45, 7) is 2.30. The van der Waals surface area contributed by atoms with Crippen LogP contribution in [0.4, 0.5) is 15.6 Å². The van der Waals surface area contributed by atoms with E-state index in [0.29, 0.717) is 11.7 Å². The highest BCUT2D eigenvalue weighted by Crippen LogP contribution is 2.24. The Labute approximate surface area is 143 Å². The van der Waals surface area contributed by atoms with Gasteiger partial charge in [-0.1, -0.05) is 0 Å². The third kappa shape index (κ3) is 3.65. The number of amides is 3. The van der Waals surface area contributed by atoms with E-state index in [0.717, 1.165) is 17.1 Å². The number of hydrogen-bond donors (Lipinski definition) is 2. The topological polar surface area (TPSA) is 83.6 Å². The Balaban J connectivity index is 1.58. The molecule has 3 rings (SSSR count). The van der Waals surface area contributed by atoms with E-state index >= 15 is 0 Å². The van der Waals surface area contributed by atoms with Gasteiger partial charge >= 0.3 is 6.03 Å². The van der Waals surface area contributed by atoms with E-state index in [1.165, 1.54) is 11.3 Å². The summed E-state index contributed by atoms with van der Waals surface area (Å²) in [5.74, 6) is 0.716. The molecule has 7 nitrogen and oxygen atoms in total. The molecule has 2 aromatic rings. The Bertz CT molecular complexity index is 744. The molecule has 0 saturated carbocycles. The quantitative estimate of drug-likeness (QED) is 0.890. The van der Waals surface area contributed by atoms with Gasteiger partial charge in [0, 0.05) is 24.0 Å². The molecule has 3 amide bonds. The van der Waals surface area contributed by atoms with Crippen LogP contribution < -0.4 is 20.3 Å². The maximum Gasteiger partial charge on any atom is 0.321 e. The minimum Gasteiger partial charge on any atom is -0.497 e. The van der Waals surface area contributed by atoms with Crippen LogP contribution in [0.25, 0.3) is 0 Å². The van der Waals surface area contributed by atoms with Crippen molar-refractivity contribution in [1.29, 1.82) is 0 Å². The Morgan fingerprint density at radius 1 is 1.38 bits per heavy atom. The number of methoxy groups -OCH3 is 1. The number of nitrogens with one attached hydrogen (secondary N) is 2. The van der Waals surface area contributed by atoms with Crippen LogP contribution in [-0.4, -0.2) is 36.6 Å². The molecular formula is C16H18N4O3S. The maximum absolute atomic E-state index is 12.2. The molecule has 126 valence electrons. The van der Waals surface area contributed by atoms with Gasteiger partial charge in [0.1, 0.15) is 5.75 Å². The lowest BCUT2D eigenvalue weighted by atomic mass is 10.2. The standard InChI is InChI=1S/C16H18N4O3S/c1-10-9-24-16(17-10)19-15(22)18-11-7-14(21)20(8-11)12-3-5-13(23-2)6-4-12/h3-6,9,11H,7-8H2,1-2H3,(H2,17,18,19,22)/t11-/m1/s1. The van der Waals surface area contributed by atoms with Crippen LogP contribution in [0.5, 0.6) is 5.75 Å². The van der Waals surface area contributed by atoms with Crippen molar-refractivity contribution < 1.29 is 14.3 Å². The third-order valence-corrected chi connectivity index (χ3v) is 4.56. The van der Waals surface area contributed by atoms with E-state index in [-0.39, 0.29) is 24.4 Å². The van der Waals surface area contributed by atoms with Crippen LogP contribution in [0, 0.1) is 6.92 Å². The van der Waals surface area contributed by atoms with Crippen molar-refractivity contribution in [2.75, 3.05) is 23.9 Å². The number of carbonyl (C=O) groups excluding carboxylic acids is 2. The monoisotopic (exact) mass is 346 g/mol. The number of anilines is 2. The van der Waals surface area contributed by atoms with Gasteiger partial charge in [-0.05, 0) is 31.2 Å². The predicted molar refractivity (Wildman–Crippen MR) is 92.8 cm³/mol. The molecule has 1 saturated heterocycles. The second-order valence-electron chi connectivity index (χ2n) is 5.50. The smallest absolute Gasteiger partial charge is 0.321 e. The van der Waals surface area contributed by atoms with Crippen LogP contribution in [0.2, 0.25) is 0 Å². The number of ether oxygens (including phenoxy) is 1. The average molecular weight is 346 g/mol. The average Bonchev–Trinajstić information content (AvgIpc) is 3.13. The molecule has 2 N–H and O–H groups in total. The molecule has 2 heterocycles. The lowest BCUT2D eigenvalue weighted by Crippen LogP contribution is -2.39. The van der Waals surface area contributed by atoms with Gasteiger partial charge in [0.05, 0.1) is 18.8 Å². The second-order valence-corrected chi connectivity index (χ2v) is 6.35. The molecule has 1 aromatic carbocycles. The normalized spacial score (nSPS) is 17.0. The number of aryl methyl sites for hydroxylation is 1. The number of carbonyl (C=O) groups is 2. The van der Waals surface area contributed by atoms with Crippen molar-refractivity contribution in [1.82, 2.24) is 10.3 Å². The van der Waals surface area contributed by atoms with Crippen molar-refractivity contribution in [3.63, 3.8) is 0 Å². The van der Waals surface area contributed by atoms with Gasteiger partial charge in [0.15, 0.2) is 5.13 Å². The van der Waals surface area contributed by atoms with Gasteiger partial charge in [-0.3, -0.25) is 10.1 Å². The molecule has 1 aliphatic heterocycles. The molecule has 1 fully saturated rings. The van der Waals surface area contributed by atoms with Crippen LogP contribution in [0.3, 0.4) is 0 Å². The first-order valence-corrected chi connectivity index (χ1v) is 8.37. The first-order chi connectivity index (χ1) is 11.5. The van der Waals surface area contributed by atoms with E-state index < -0.39 is 0 Å². The zero-order valence-electron chi connectivity index (χ0n) is 13.4. The van der Waals surface area contributed by atoms with Gasteiger partial charge in [0.25, 0.3) is 0 Å². The first kappa shape index (κ1) is 16.3. The molecule has 0 aliphatic carbocycles. The minimum atomic E-state index is -0.348. The van der Waals surface area contributed by atoms with Crippen molar-refractivity contribution in [3.8, 4) is 5.75 Å². The summed E-state index contributed by atoms with van der Waals surface area (Å²) in [6, 6.07) is 6.69. The van der Waals surface area contributed by atoms with E-state index in [4.69, 9.17) is 4.74 Å². The van der Waals surface area contributed by atoms with Crippen molar-refractivity contribution in [3.05, 3.63) is 35.3 Å². The Morgan fingerprint density at radius 2 is 2.12 bits per heavy atom. The van der Waals surface area contributed by atoms with Gasteiger partial charge in [0.2, 0.25) is 5.91 Å². The number of aromatic nitrogens is 1. The molecule has 24 heavy (non-hydrogen) atoms. The molecule has 0 spiro atoms. The molecule has 0 bridgehead atoms. The van der Waals surface area contributed by atoms with Crippen LogP contribution in [0.15, 0.2) is 29.6 Å². The molecule has 1 aliphatic rings. The van der Waals surface area contributed by atoms with E-state index in [1.807, 2.05) is 24.4 Å². The fraction of sp³-hybridized carbons (Fsp3) is 0.312. The van der Waals surface area contributed by atoms with Gasteiger partial charge in [-0.25, -0.2) is 9.78 Å². The lowest BCUT2D eigenvalue weighted by Gasteiger charge is -2.17. The number of urea groups is 1. The molecular weight excluding hydrogens is 328 g/mol. The largest absolute Gasteiger partial charge is 0.497 e. The fourth-order valence-corrected chi connectivity index (χ4v) is 3.23. The number of hydrogen-bond acceptors (Lipinski definition) is 5. The number of thiazole rings is 1. The van der Waals surface area contributed by atoms with Crippen molar-refractivity contribution in [2.45, 2.75) is 19.4 Å². The summed E-state index contributed by atoms with van der Waals surface area (Å²) in [6.07, 6.45) is 0.274. The molecule has 1 aromatic heterocycles. The van der Waals surface area contributed by atoms with Crippen LogP contribution in [-0.2, 0) is 4.79 Å². The number of benzene rings is 1. The lowest BCUT2D eigenvalue weighted by molar-refractivity contribution is -0.117. The van der Waals surface area contributed by atoms with Gasteiger partial charge in [-0.15, -0.1) is 11.3 Å². The molecule has 8 heteroatoms. The molecule has 0 unspecified atom stereocenters. The summed E-state index contributed by atoms with van der Waals surface area (Å²) in [5, 5.41) is 7.91. The second kappa shape index (κ2) is 6.88. The van der Waals surface area contributed by atoms with Gasteiger partial charge < -0.3 is 15.0 Å². The summed E-state index contributed by atoms with van der Waals surface area (Å²) in [5.41, 5.74) is 1.65. The Kier molecular flexibility index (Phi) is 4.66. The maximum atomic E-state index is 12.2. The minimum absolute atomic E-state index is 0.0180. The van der Waals surface area contributed by atoms with Crippen molar-refractivity contribution >= 4 is 34.1 Å². The Hall–Kier alpha value is -2.61. The zero-order valence-corrected chi connectivity index (χ0v) is 14.2. The fourth-order valence-electron chi connectivity index (χ4n) is 2.55. The van der Waals surface area contributed by atoms with E-state index in [9.17, 15) is 9.59 Å².